The van der Waals surface area contributed by atoms with Crippen LogP contribution in [0.1, 0.15) is 18.5 Å². The predicted molar refractivity (Wildman–Crippen MR) is 94.0 cm³/mol. The van der Waals surface area contributed by atoms with Crippen LogP contribution in [0.5, 0.6) is 0 Å². The molecule has 122 valence electrons. The van der Waals surface area contributed by atoms with Crippen molar-refractivity contribution in [1.29, 1.82) is 0 Å². The van der Waals surface area contributed by atoms with Gasteiger partial charge in [0.1, 0.15) is 6.54 Å². The third kappa shape index (κ3) is 3.46. The molecular weight excluding hydrogens is 326 g/mol. The van der Waals surface area contributed by atoms with Crippen molar-refractivity contribution in [3.63, 3.8) is 0 Å². The van der Waals surface area contributed by atoms with Crippen molar-refractivity contribution >= 4 is 28.4 Å². The van der Waals surface area contributed by atoms with E-state index in [1.807, 2.05) is 37.3 Å². The summed E-state index contributed by atoms with van der Waals surface area (Å²) in [5.41, 5.74) is 1.27. The number of rotatable bonds is 4. The maximum atomic E-state index is 12.5. The third-order valence-electron chi connectivity index (χ3n) is 3.78. The highest BCUT2D eigenvalue weighted by Crippen LogP contribution is 2.14. The Hall–Kier alpha value is -2.66. The highest BCUT2D eigenvalue weighted by molar-refractivity contribution is 6.31. The van der Waals surface area contributed by atoms with Crippen LogP contribution in [0, 0.1) is 0 Å². The number of halogens is 1. The fourth-order valence-corrected chi connectivity index (χ4v) is 2.68. The maximum Gasteiger partial charge on any atom is 0.261 e. The van der Waals surface area contributed by atoms with Crippen LogP contribution in [0.3, 0.4) is 0 Å². The summed E-state index contributed by atoms with van der Waals surface area (Å²) in [6.07, 6.45) is 1.38. The van der Waals surface area contributed by atoms with E-state index in [1.54, 1.807) is 18.2 Å². The van der Waals surface area contributed by atoms with Gasteiger partial charge in [0.25, 0.3) is 5.56 Å². The minimum absolute atomic E-state index is 0.0918. The average Bonchev–Trinajstić information content (AvgIpc) is 2.58. The van der Waals surface area contributed by atoms with E-state index >= 15 is 0 Å². The van der Waals surface area contributed by atoms with Crippen molar-refractivity contribution in [3.05, 3.63) is 75.8 Å². The zero-order valence-corrected chi connectivity index (χ0v) is 13.8. The molecule has 1 N–H and O–H groups in total. The Labute approximate surface area is 143 Å². The van der Waals surface area contributed by atoms with Gasteiger partial charge >= 0.3 is 0 Å². The quantitative estimate of drug-likeness (QED) is 0.793. The van der Waals surface area contributed by atoms with Gasteiger partial charge in [-0.3, -0.25) is 14.2 Å². The van der Waals surface area contributed by atoms with Crippen molar-refractivity contribution in [2.75, 3.05) is 0 Å². The monoisotopic (exact) mass is 341 g/mol. The van der Waals surface area contributed by atoms with Gasteiger partial charge in [-0.2, -0.15) is 0 Å². The molecule has 6 heteroatoms. The lowest BCUT2D eigenvalue weighted by molar-refractivity contribution is -0.122. The van der Waals surface area contributed by atoms with Gasteiger partial charge in [-0.25, -0.2) is 4.98 Å². The van der Waals surface area contributed by atoms with Gasteiger partial charge in [0.15, 0.2) is 0 Å². The number of nitrogens with one attached hydrogen (secondary N) is 1. The second kappa shape index (κ2) is 6.84. The van der Waals surface area contributed by atoms with Crippen LogP contribution >= 0.6 is 11.6 Å². The van der Waals surface area contributed by atoms with Crippen LogP contribution in [0.15, 0.2) is 59.7 Å². The lowest BCUT2D eigenvalue weighted by Gasteiger charge is -2.15. The molecule has 3 rings (SSSR count). The average molecular weight is 342 g/mol. The lowest BCUT2D eigenvalue weighted by Crippen LogP contribution is -2.33. The van der Waals surface area contributed by atoms with Gasteiger partial charge in [0.05, 0.1) is 23.3 Å². The van der Waals surface area contributed by atoms with Gasteiger partial charge in [-0.1, -0.05) is 41.9 Å². The van der Waals surface area contributed by atoms with Gasteiger partial charge in [-0.15, -0.1) is 0 Å². The topological polar surface area (TPSA) is 64.0 Å². The third-order valence-corrected chi connectivity index (χ3v) is 4.01. The Bertz CT molecular complexity index is 938. The Morgan fingerprint density at radius 3 is 2.75 bits per heavy atom. The summed E-state index contributed by atoms with van der Waals surface area (Å²) in [7, 11) is 0. The summed E-state index contributed by atoms with van der Waals surface area (Å²) in [4.78, 5) is 28.9. The minimum atomic E-state index is -0.287. The van der Waals surface area contributed by atoms with Crippen molar-refractivity contribution in [2.45, 2.75) is 19.5 Å². The Morgan fingerprint density at radius 1 is 1.25 bits per heavy atom. The van der Waals surface area contributed by atoms with E-state index in [0.717, 1.165) is 5.56 Å². The number of amides is 1. The first kappa shape index (κ1) is 16.2. The first-order valence-corrected chi connectivity index (χ1v) is 7.91. The summed E-state index contributed by atoms with van der Waals surface area (Å²) in [5, 5.41) is 3.74. The number of hydrogen-bond donors (Lipinski definition) is 1. The summed E-state index contributed by atoms with van der Waals surface area (Å²) in [6.45, 7) is 1.81. The van der Waals surface area contributed by atoms with Gasteiger partial charge < -0.3 is 5.32 Å². The number of hydrogen-bond acceptors (Lipinski definition) is 3. The van der Waals surface area contributed by atoms with Crippen molar-refractivity contribution in [1.82, 2.24) is 14.9 Å². The van der Waals surface area contributed by atoms with E-state index in [1.165, 1.54) is 10.9 Å². The summed E-state index contributed by atoms with van der Waals surface area (Å²) in [5.74, 6) is -0.253. The second-order valence-electron chi connectivity index (χ2n) is 5.54. The normalized spacial score (nSPS) is 12.1. The van der Waals surface area contributed by atoms with E-state index in [-0.39, 0.29) is 24.1 Å². The molecule has 3 aromatic rings. The molecule has 0 aliphatic heterocycles. The van der Waals surface area contributed by atoms with Crippen LogP contribution in [0.25, 0.3) is 10.9 Å². The summed E-state index contributed by atoms with van der Waals surface area (Å²) in [6, 6.07) is 14.4. The Kier molecular flexibility index (Phi) is 4.62. The molecular formula is C18H16ClN3O2. The second-order valence-corrected chi connectivity index (χ2v) is 5.98. The molecule has 0 bridgehead atoms. The van der Waals surface area contributed by atoms with Crippen molar-refractivity contribution in [3.8, 4) is 0 Å². The number of nitrogens with zero attached hydrogens (tertiary/aromatic N) is 2. The Balaban J connectivity index is 1.78. The maximum absolute atomic E-state index is 12.5. The molecule has 5 nitrogen and oxygen atoms in total. The minimum Gasteiger partial charge on any atom is -0.348 e. The molecule has 0 aliphatic carbocycles. The van der Waals surface area contributed by atoms with E-state index in [4.69, 9.17) is 11.6 Å². The predicted octanol–water partition coefficient (Wildman–Crippen LogP) is 2.93. The van der Waals surface area contributed by atoms with Crippen LogP contribution in [0.2, 0.25) is 5.02 Å². The molecule has 0 unspecified atom stereocenters. The number of fused-ring (bicyclic) bond motifs is 1. The molecule has 0 spiro atoms. The van der Waals surface area contributed by atoms with Crippen LogP contribution in [-0.2, 0) is 11.3 Å². The molecule has 2 aromatic carbocycles. The highest BCUT2D eigenvalue weighted by Gasteiger charge is 2.12. The fourth-order valence-electron chi connectivity index (χ4n) is 2.51. The first-order chi connectivity index (χ1) is 11.5. The molecule has 1 amide bonds. The van der Waals surface area contributed by atoms with Gasteiger partial charge in [-0.05, 0) is 30.7 Å². The van der Waals surface area contributed by atoms with Crippen LogP contribution < -0.4 is 10.9 Å². The van der Waals surface area contributed by atoms with Crippen LogP contribution in [-0.4, -0.2) is 15.5 Å². The van der Waals surface area contributed by atoms with Gasteiger partial charge in [0, 0.05) is 5.02 Å². The molecule has 0 saturated heterocycles. The summed E-state index contributed by atoms with van der Waals surface area (Å²) >= 11 is 5.93. The largest absolute Gasteiger partial charge is 0.348 e. The molecule has 1 aromatic heterocycles. The SMILES string of the molecule is C[C@H](NC(=O)Cn1cnc2ccc(Cl)cc2c1=O)c1ccccc1. The lowest BCUT2D eigenvalue weighted by atomic mass is 10.1. The standard InChI is InChI=1S/C18H16ClN3O2/c1-12(13-5-3-2-4-6-13)21-17(23)10-22-11-20-16-8-7-14(19)9-15(16)18(22)24/h2-9,11-12H,10H2,1H3,(H,21,23)/t12-/m0/s1. The zero-order valence-electron chi connectivity index (χ0n) is 13.1. The molecule has 24 heavy (non-hydrogen) atoms. The number of aromatic nitrogens is 2. The van der Waals surface area contributed by atoms with E-state index < -0.39 is 0 Å². The molecule has 0 fully saturated rings. The molecule has 1 heterocycles. The van der Waals surface area contributed by atoms with Crippen molar-refractivity contribution < 1.29 is 4.79 Å². The zero-order chi connectivity index (χ0) is 17.1. The van der Waals surface area contributed by atoms with Crippen molar-refractivity contribution in [2.24, 2.45) is 0 Å². The fraction of sp³-hybridized carbons (Fsp3) is 0.167. The Morgan fingerprint density at radius 2 is 2.00 bits per heavy atom. The van der Waals surface area contributed by atoms with E-state index in [9.17, 15) is 9.59 Å². The first-order valence-electron chi connectivity index (χ1n) is 7.53. The number of carbonyl (C=O) groups is 1. The van der Waals surface area contributed by atoms with E-state index in [2.05, 4.69) is 10.3 Å². The van der Waals surface area contributed by atoms with Gasteiger partial charge in [0.2, 0.25) is 5.91 Å². The summed E-state index contributed by atoms with van der Waals surface area (Å²) < 4.78 is 1.28. The molecule has 0 aliphatic rings. The molecule has 1 atom stereocenters. The number of benzene rings is 2. The highest BCUT2D eigenvalue weighted by atomic mass is 35.5. The molecule has 0 saturated carbocycles. The number of carbonyl (C=O) groups excluding carboxylic acids is 1. The smallest absolute Gasteiger partial charge is 0.261 e. The van der Waals surface area contributed by atoms with Crippen LogP contribution in [0.4, 0.5) is 0 Å². The molecule has 0 radical (unpaired) electrons. The van der Waals surface area contributed by atoms with E-state index in [0.29, 0.717) is 15.9 Å².